The first-order chi connectivity index (χ1) is 14.3. The van der Waals surface area contributed by atoms with E-state index in [0.29, 0.717) is 5.75 Å². The molecular weight excluding hydrogens is 380 g/mol. The molecule has 0 aliphatic carbocycles. The minimum Gasteiger partial charge on any atom is -0.476 e. The summed E-state index contributed by atoms with van der Waals surface area (Å²) in [6.45, 7) is 7.55. The van der Waals surface area contributed by atoms with Gasteiger partial charge >= 0.3 is 0 Å². The third-order valence-corrected chi connectivity index (χ3v) is 5.77. The highest BCUT2D eigenvalue weighted by Crippen LogP contribution is 2.39. The van der Waals surface area contributed by atoms with E-state index in [-0.39, 0.29) is 5.91 Å². The van der Waals surface area contributed by atoms with Gasteiger partial charge in [-0.3, -0.25) is 4.79 Å². The molecule has 0 atom stereocenters. The van der Waals surface area contributed by atoms with E-state index in [2.05, 4.69) is 21.3 Å². The molecule has 0 bridgehead atoms. The van der Waals surface area contributed by atoms with Gasteiger partial charge in [-0.05, 0) is 51.8 Å². The lowest BCUT2D eigenvalue weighted by molar-refractivity contribution is -0.132. The zero-order valence-electron chi connectivity index (χ0n) is 17.7. The molecule has 30 heavy (non-hydrogen) atoms. The first-order valence-corrected chi connectivity index (χ1v) is 10.3. The summed E-state index contributed by atoms with van der Waals surface area (Å²) in [5.41, 5.74) is 2.57. The maximum atomic E-state index is 12.5. The quantitative estimate of drug-likeness (QED) is 0.689. The van der Waals surface area contributed by atoms with E-state index in [1.165, 1.54) is 0 Å². The number of rotatable bonds is 3. The summed E-state index contributed by atoms with van der Waals surface area (Å²) in [7, 11) is 1.78. The number of H-pyrrole nitrogens is 1. The van der Waals surface area contributed by atoms with E-state index in [0.717, 1.165) is 65.8 Å². The highest BCUT2D eigenvalue weighted by Gasteiger charge is 2.39. The second-order valence-electron chi connectivity index (χ2n) is 8.57. The predicted molar refractivity (Wildman–Crippen MR) is 118 cm³/mol. The third kappa shape index (κ3) is 3.03. The smallest absolute Gasteiger partial charge is 0.270 e. The molecule has 2 aliphatic rings. The highest BCUT2D eigenvalue weighted by atomic mass is 16.5. The van der Waals surface area contributed by atoms with Gasteiger partial charge in [-0.25, -0.2) is 0 Å². The van der Waals surface area contributed by atoms with Crippen LogP contribution in [0.1, 0.15) is 32.4 Å². The van der Waals surface area contributed by atoms with Crippen molar-refractivity contribution in [3.63, 3.8) is 0 Å². The number of carbonyl (C=O) groups is 1. The van der Waals surface area contributed by atoms with E-state index in [1.807, 2.05) is 25.1 Å². The van der Waals surface area contributed by atoms with E-state index in [1.54, 1.807) is 25.8 Å². The number of likely N-dealkylation sites (N-methyl/N-ethyl adjacent to an activating group) is 1. The van der Waals surface area contributed by atoms with Crippen molar-refractivity contribution in [2.75, 3.05) is 35.3 Å². The average molecular weight is 406 g/mol. The fourth-order valence-electron chi connectivity index (χ4n) is 4.20. The van der Waals surface area contributed by atoms with Crippen molar-refractivity contribution < 1.29 is 9.53 Å². The highest BCUT2D eigenvalue weighted by molar-refractivity contribution is 6.02. The van der Waals surface area contributed by atoms with Crippen molar-refractivity contribution >= 4 is 40.1 Å². The molecule has 3 aromatic rings. The standard InChI is InChI=1S/C22H26N6O2/c1-13-11-15-18(23-13)25-21(28-9-5-6-10-28)26-19(15)24-14-7-8-16-17(12-14)30-22(2,3)20(29)27(16)4/h7-8,11-12H,5-6,9-10H2,1-4H3,(H2,23,24,25,26). The van der Waals surface area contributed by atoms with Crippen molar-refractivity contribution in [3.05, 3.63) is 30.0 Å². The molecule has 2 N–H and O–H groups in total. The summed E-state index contributed by atoms with van der Waals surface area (Å²) >= 11 is 0. The van der Waals surface area contributed by atoms with E-state index >= 15 is 0 Å². The first kappa shape index (κ1) is 18.7. The van der Waals surface area contributed by atoms with Crippen molar-refractivity contribution in [1.82, 2.24) is 15.0 Å². The molecule has 8 heteroatoms. The van der Waals surface area contributed by atoms with Crippen LogP contribution in [-0.4, -0.2) is 46.6 Å². The number of aromatic nitrogens is 3. The first-order valence-electron chi connectivity index (χ1n) is 10.3. The number of hydrogen-bond donors (Lipinski definition) is 2. The van der Waals surface area contributed by atoms with Crippen molar-refractivity contribution in [2.24, 2.45) is 0 Å². The molecule has 5 rings (SSSR count). The number of ether oxygens (including phenoxy) is 1. The Morgan fingerprint density at radius 3 is 2.70 bits per heavy atom. The van der Waals surface area contributed by atoms with Gasteiger partial charge in [0, 0.05) is 37.6 Å². The van der Waals surface area contributed by atoms with Crippen LogP contribution in [0.2, 0.25) is 0 Å². The van der Waals surface area contributed by atoms with Gasteiger partial charge in [-0.2, -0.15) is 9.97 Å². The monoisotopic (exact) mass is 406 g/mol. The van der Waals surface area contributed by atoms with Crippen LogP contribution in [0.3, 0.4) is 0 Å². The normalized spacial score (nSPS) is 17.9. The maximum absolute atomic E-state index is 12.5. The number of carbonyl (C=O) groups excluding carboxylic acids is 1. The maximum Gasteiger partial charge on any atom is 0.270 e. The second kappa shape index (κ2) is 6.62. The number of aryl methyl sites for hydroxylation is 1. The van der Waals surface area contributed by atoms with Crippen molar-refractivity contribution in [3.8, 4) is 5.75 Å². The molecule has 0 unspecified atom stereocenters. The molecule has 0 saturated carbocycles. The number of aromatic amines is 1. The van der Waals surface area contributed by atoms with Gasteiger partial charge in [-0.15, -0.1) is 0 Å². The lowest BCUT2D eigenvalue weighted by Crippen LogP contribution is -2.50. The van der Waals surface area contributed by atoms with Gasteiger partial charge in [-0.1, -0.05) is 0 Å². The molecule has 156 valence electrons. The Labute approximate surface area is 175 Å². The number of benzene rings is 1. The zero-order chi connectivity index (χ0) is 21.0. The Morgan fingerprint density at radius 2 is 1.93 bits per heavy atom. The van der Waals surface area contributed by atoms with Crippen LogP contribution in [-0.2, 0) is 4.79 Å². The molecule has 0 radical (unpaired) electrons. The van der Waals surface area contributed by atoms with Gasteiger partial charge in [0.05, 0.1) is 11.1 Å². The predicted octanol–water partition coefficient (Wildman–Crippen LogP) is 3.74. The Morgan fingerprint density at radius 1 is 1.17 bits per heavy atom. The summed E-state index contributed by atoms with van der Waals surface area (Å²) in [6.07, 6.45) is 2.33. The topological polar surface area (TPSA) is 86.4 Å². The molecule has 0 spiro atoms. The van der Waals surface area contributed by atoms with Crippen LogP contribution in [0.5, 0.6) is 5.75 Å². The van der Waals surface area contributed by atoms with Gasteiger partial charge in [0.15, 0.2) is 5.60 Å². The van der Waals surface area contributed by atoms with E-state index < -0.39 is 5.60 Å². The minimum atomic E-state index is -0.900. The lowest BCUT2D eigenvalue weighted by atomic mass is 10.0. The molecular formula is C22H26N6O2. The van der Waals surface area contributed by atoms with Crippen LogP contribution in [0, 0.1) is 6.92 Å². The largest absolute Gasteiger partial charge is 0.476 e. The SMILES string of the molecule is Cc1cc2c(Nc3ccc4c(c3)OC(C)(C)C(=O)N4C)nc(N3CCCC3)nc2[nH]1. The van der Waals surface area contributed by atoms with Gasteiger partial charge in [0.25, 0.3) is 5.91 Å². The van der Waals surface area contributed by atoms with Crippen molar-refractivity contribution in [2.45, 2.75) is 39.2 Å². The Kier molecular flexibility index (Phi) is 4.13. The van der Waals surface area contributed by atoms with E-state index in [9.17, 15) is 4.79 Å². The minimum absolute atomic E-state index is 0.0636. The fraction of sp³-hybridized carbons (Fsp3) is 0.409. The molecule has 1 aromatic carbocycles. The molecule has 1 saturated heterocycles. The summed E-state index contributed by atoms with van der Waals surface area (Å²) in [4.78, 5) is 29.2. The van der Waals surface area contributed by atoms with Crippen LogP contribution in [0.15, 0.2) is 24.3 Å². The number of nitrogens with one attached hydrogen (secondary N) is 2. The average Bonchev–Trinajstić information content (AvgIpc) is 3.35. The summed E-state index contributed by atoms with van der Waals surface area (Å²) < 4.78 is 6.00. The number of nitrogens with zero attached hydrogens (tertiary/aromatic N) is 4. The Bertz CT molecular complexity index is 1150. The molecule has 4 heterocycles. The van der Waals surface area contributed by atoms with Gasteiger partial charge in [0.2, 0.25) is 5.95 Å². The lowest BCUT2D eigenvalue weighted by Gasteiger charge is -2.37. The molecule has 1 fully saturated rings. The van der Waals surface area contributed by atoms with Crippen LogP contribution in [0.25, 0.3) is 11.0 Å². The zero-order valence-corrected chi connectivity index (χ0v) is 17.7. The molecule has 1 amide bonds. The molecule has 8 nitrogen and oxygen atoms in total. The molecule has 2 aromatic heterocycles. The number of anilines is 4. The van der Waals surface area contributed by atoms with Crippen molar-refractivity contribution in [1.29, 1.82) is 0 Å². The number of fused-ring (bicyclic) bond motifs is 2. The summed E-state index contributed by atoms with van der Waals surface area (Å²) in [6, 6.07) is 7.80. The van der Waals surface area contributed by atoms with Gasteiger partial charge < -0.3 is 24.8 Å². The molecule has 2 aliphatic heterocycles. The third-order valence-electron chi connectivity index (χ3n) is 5.77. The second-order valence-corrected chi connectivity index (χ2v) is 8.57. The number of amides is 1. The van der Waals surface area contributed by atoms with E-state index in [4.69, 9.17) is 14.7 Å². The van der Waals surface area contributed by atoms with Gasteiger partial charge in [0.1, 0.15) is 17.2 Å². The fourth-order valence-corrected chi connectivity index (χ4v) is 4.20. The van der Waals surface area contributed by atoms with Crippen LogP contribution < -0.4 is 19.9 Å². The Balaban J connectivity index is 1.54. The summed E-state index contributed by atoms with van der Waals surface area (Å²) in [5, 5.41) is 4.39. The Hall–Kier alpha value is -3.29. The van der Waals surface area contributed by atoms with Crippen LogP contribution >= 0.6 is 0 Å². The van der Waals surface area contributed by atoms with Crippen LogP contribution in [0.4, 0.5) is 23.1 Å². The number of hydrogen-bond acceptors (Lipinski definition) is 6. The summed E-state index contributed by atoms with van der Waals surface area (Å²) in [5.74, 6) is 2.10.